The fraction of sp³-hybridized carbons (Fsp3) is 0.318. The number of benzene rings is 2. The smallest absolute Gasteiger partial charge is 0.311 e. The van der Waals surface area contributed by atoms with Crippen LogP contribution >= 0.6 is 0 Å². The highest BCUT2D eigenvalue weighted by Crippen LogP contribution is 2.34. The van der Waals surface area contributed by atoms with Gasteiger partial charge in [-0.05, 0) is 49.2 Å². The molecule has 0 spiro atoms. The van der Waals surface area contributed by atoms with Crippen molar-refractivity contribution in [3.05, 3.63) is 53.6 Å². The lowest BCUT2D eigenvalue weighted by atomic mass is 10.1. The van der Waals surface area contributed by atoms with E-state index in [2.05, 4.69) is 5.32 Å². The Morgan fingerprint density at radius 3 is 2.62 bits per heavy atom. The number of rotatable bonds is 6. The number of anilines is 2. The van der Waals surface area contributed by atoms with Gasteiger partial charge in [0.1, 0.15) is 5.75 Å². The summed E-state index contributed by atoms with van der Waals surface area (Å²) in [5, 5.41) is 2.68. The van der Waals surface area contributed by atoms with Gasteiger partial charge in [0, 0.05) is 18.7 Å². The molecule has 1 fully saturated rings. The quantitative estimate of drug-likeness (QED) is 0.759. The molecule has 152 valence electrons. The van der Waals surface area contributed by atoms with E-state index in [0.717, 1.165) is 11.1 Å². The zero-order valence-corrected chi connectivity index (χ0v) is 16.7. The van der Waals surface area contributed by atoms with E-state index in [9.17, 15) is 14.4 Å². The predicted octanol–water partition coefficient (Wildman–Crippen LogP) is 2.85. The molecule has 1 N–H and O–H groups in total. The monoisotopic (exact) mass is 396 g/mol. The second-order valence-corrected chi connectivity index (χ2v) is 7.11. The first kappa shape index (κ1) is 20.4. The first-order chi connectivity index (χ1) is 13.9. The van der Waals surface area contributed by atoms with E-state index in [-0.39, 0.29) is 18.9 Å². The fourth-order valence-electron chi connectivity index (χ4n) is 3.28. The van der Waals surface area contributed by atoms with Crippen molar-refractivity contribution in [2.45, 2.75) is 20.3 Å². The third-order valence-electron chi connectivity index (χ3n) is 4.73. The molecular formula is C22H24N2O5. The molecule has 0 unspecified atom stereocenters. The number of amides is 2. The minimum Gasteiger partial charge on any atom is -0.495 e. The van der Waals surface area contributed by atoms with Crippen molar-refractivity contribution >= 4 is 29.2 Å². The molecule has 7 heteroatoms. The fourth-order valence-corrected chi connectivity index (χ4v) is 3.28. The van der Waals surface area contributed by atoms with Crippen LogP contribution in [0.4, 0.5) is 11.4 Å². The molecule has 7 nitrogen and oxygen atoms in total. The Bertz CT molecular complexity index is 941. The van der Waals surface area contributed by atoms with Crippen LogP contribution in [0.15, 0.2) is 42.5 Å². The van der Waals surface area contributed by atoms with E-state index in [4.69, 9.17) is 9.47 Å². The number of ether oxygens (including phenoxy) is 2. The van der Waals surface area contributed by atoms with Crippen molar-refractivity contribution in [3.63, 3.8) is 0 Å². The Kier molecular flexibility index (Phi) is 6.16. The number of carbonyl (C=O) groups excluding carboxylic acids is 3. The summed E-state index contributed by atoms with van der Waals surface area (Å²) in [7, 11) is 1.54. The summed E-state index contributed by atoms with van der Waals surface area (Å²) in [6.07, 6.45) is 0.0371. The molecule has 1 atom stereocenters. The predicted molar refractivity (Wildman–Crippen MR) is 109 cm³/mol. The van der Waals surface area contributed by atoms with Gasteiger partial charge in [-0.1, -0.05) is 18.2 Å². The first-order valence-corrected chi connectivity index (χ1v) is 9.35. The maximum Gasteiger partial charge on any atom is 0.311 e. The molecule has 0 aromatic heterocycles. The van der Waals surface area contributed by atoms with E-state index in [1.54, 1.807) is 12.1 Å². The normalized spacial score (nSPS) is 15.9. The van der Waals surface area contributed by atoms with Crippen LogP contribution in [0, 0.1) is 19.8 Å². The molecule has 0 radical (unpaired) electrons. The molecule has 0 bridgehead atoms. The second-order valence-electron chi connectivity index (χ2n) is 7.11. The van der Waals surface area contributed by atoms with E-state index in [1.165, 1.54) is 12.0 Å². The molecule has 1 aliphatic heterocycles. The third kappa shape index (κ3) is 4.93. The van der Waals surface area contributed by atoms with Gasteiger partial charge in [-0.2, -0.15) is 0 Å². The van der Waals surface area contributed by atoms with Crippen LogP contribution in [0.5, 0.6) is 5.75 Å². The topological polar surface area (TPSA) is 84.9 Å². The van der Waals surface area contributed by atoms with Crippen LogP contribution in [0.3, 0.4) is 0 Å². The molecule has 2 aromatic rings. The largest absolute Gasteiger partial charge is 0.495 e. The molecule has 1 aliphatic rings. The molecule has 3 rings (SSSR count). The molecular weight excluding hydrogens is 372 g/mol. The van der Waals surface area contributed by atoms with Crippen molar-refractivity contribution in [1.82, 2.24) is 0 Å². The Morgan fingerprint density at radius 2 is 1.90 bits per heavy atom. The number of esters is 1. The maximum atomic E-state index is 12.5. The summed E-state index contributed by atoms with van der Waals surface area (Å²) in [6.45, 7) is 3.63. The highest BCUT2D eigenvalue weighted by Gasteiger charge is 2.37. The Balaban J connectivity index is 1.58. The van der Waals surface area contributed by atoms with Gasteiger partial charge in [0.05, 0.1) is 18.7 Å². The standard InChI is InChI=1S/C22H24N2O5/c1-14-5-4-6-17(9-14)23-20(25)13-29-22(27)16-11-21(26)24(12-16)18-10-15(2)7-8-19(18)28-3/h4-10,16H,11-13H2,1-3H3,(H,23,25)/t16-/m0/s1. The first-order valence-electron chi connectivity index (χ1n) is 9.35. The van der Waals surface area contributed by atoms with E-state index in [1.807, 2.05) is 44.2 Å². The molecule has 0 saturated carbocycles. The summed E-state index contributed by atoms with van der Waals surface area (Å²) in [5.41, 5.74) is 3.26. The summed E-state index contributed by atoms with van der Waals surface area (Å²) in [5.74, 6) is -1.23. The van der Waals surface area contributed by atoms with Crippen LogP contribution in [-0.2, 0) is 19.1 Å². The zero-order valence-electron chi connectivity index (χ0n) is 16.7. The van der Waals surface area contributed by atoms with E-state index in [0.29, 0.717) is 17.1 Å². The Morgan fingerprint density at radius 1 is 1.14 bits per heavy atom. The number of methoxy groups -OCH3 is 1. The lowest BCUT2D eigenvalue weighted by Crippen LogP contribution is -2.28. The summed E-state index contributed by atoms with van der Waals surface area (Å²) in [6, 6.07) is 12.9. The summed E-state index contributed by atoms with van der Waals surface area (Å²) < 4.78 is 10.5. The van der Waals surface area contributed by atoms with Crippen molar-refractivity contribution in [2.75, 3.05) is 30.5 Å². The van der Waals surface area contributed by atoms with Gasteiger partial charge in [-0.3, -0.25) is 14.4 Å². The van der Waals surface area contributed by atoms with Crippen molar-refractivity contribution in [3.8, 4) is 5.75 Å². The van der Waals surface area contributed by atoms with Crippen LogP contribution in [0.1, 0.15) is 17.5 Å². The zero-order chi connectivity index (χ0) is 21.0. The van der Waals surface area contributed by atoms with Crippen LogP contribution in [-0.4, -0.2) is 38.0 Å². The molecule has 1 saturated heterocycles. The van der Waals surface area contributed by atoms with E-state index >= 15 is 0 Å². The van der Waals surface area contributed by atoms with E-state index < -0.39 is 24.4 Å². The van der Waals surface area contributed by atoms with Gasteiger partial charge in [0.2, 0.25) is 5.91 Å². The Labute approximate surface area is 169 Å². The van der Waals surface area contributed by atoms with Crippen LogP contribution in [0.25, 0.3) is 0 Å². The third-order valence-corrected chi connectivity index (χ3v) is 4.73. The lowest BCUT2D eigenvalue weighted by molar-refractivity contribution is -0.151. The number of aryl methyl sites for hydroxylation is 2. The lowest BCUT2D eigenvalue weighted by Gasteiger charge is -2.20. The van der Waals surface area contributed by atoms with Crippen LogP contribution in [0.2, 0.25) is 0 Å². The molecule has 0 aliphatic carbocycles. The highest BCUT2D eigenvalue weighted by molar-refractivity contribution is 6.01. The van der Waals surface area contributed by atoms with Gasteiger partial charge in [0.25, 0.3) is 5.91 Å². The van der Waals surface area contributed by atoms with Crippen molar-refractivity contribution < 1.29 is 23.9 Å². The number of nitrogens with one attached hydrogen (secondary N) is 1. The van der Waals surface area contributed by atoms with Gasteiger partial charge in [-0.25, -0.2) is 0 Å². The number of nitrogens with zero attached hydrogens (tertiary/aromatic N) is 1. The molecule has 29 heavy (non-hydrogen) atoms. The molecule has 2 aromatic carbocycles. The summed E-state index contributed by atoms with van der Waals surface area (Å²) in [4.78, 5) is 38.4. The summed E-state index contributed by atoms with van der Waals surface area (Å²) >= 11 is 0. The number of hydrogen-bond acceptors (Lipinski definition) is 5. The van der Waals surface area contributed by atoms with Gasteiger partial charge < -0.3 is 19.7 Å². The average molecular weight is 396 g/mol. The highest BCUT2D eigenvalue weighted by atomic mass is 16.5. The molecule has 1 heterocycles. The maximum absolute atomic E-state index is 12.5. The van der Waals surface area contributed by atoms with Crippen molar-refractivity contribution in [2.24, 2.45) is 5.92 Å². The number of carbonyl (C=O) groups is 3. The van der Waals surface area contributed by atoms with Gasteiger partial charge >= 0.3 is 5.97 Å². The second kappa shape index (κ2) is 8.77. The minimum absolute atomic E-state index is 0.0371. The van der Waals surface area contributed by atoms with Gasteiger partial charge in [-0.15, -0.1) is 0 Å². The van der Waals surface area contributed by atoms with Crippen LogP contribution < -0.4 is 15.0 Å². The van der Waals surface area contributed by atoms with Gasteiger partial charge in [0.15, 0.2) is 6.61 Å². The molecule has 2 amide bonds. The average Bonchev–Trinajstić information content (AvgIpc) is 3.07. The van der Waals surface area contributed by atoms with Crippen molar-refractivity contribution in [1.29, 1.82) is 0 Å². The minimum atomic E-state index is -0.625. The number of hydrogen-bond donors (Lipinski definition) is 1. The Hall–Kier alpha value is -3.35. The SMILES string of the molecule is COc1ccc(C)cc1N1C[C@@H](C(=O)OCC(=O)Nc2cccc(C)c2)CC1=O.